The fourth-order valence-electron chi connectivity index (χ4n) is 2.14. The lowest BCUT2D eigenvalue weighted by Gasteiger charge is -2.19. The second-order valence-corrected chi connectivity index (χ2v) is 6.09. The average molecular weight is 306 g/mol. The number of nitrogens with zero attached hydrogens (tertiary/aromatic N) is 2. The van der Waals surface area contributed by atoms with E-state index in [4.69, 9.17) is 9.47 Å². The van der Waals surface area contributed by atoms with Crippen molar-refractivity contribution < 1.29 is 19.4 Å². The molecule has 0 saturated heterocycles. The number of hydrogen-bond donors (Lipinski definition) is 1. The number of para-hydroxylation sites is 1. The normalized spacial score (nSPS) is 13.3. The van der Waals surface area contributed by atoms with Gasteiger partial charge in [0.15, 0.2) is 6.29 Å². The number of aliphatic hydroxyl groups excluding tert-OH is 1. The van der Waals surface area contributed by atoms with Crippen molar-refractivity contribution in [3.05, 3.63) is 30.0 Å². The Bertz CT molecular complexity index is 658. The molecule has 6 heteroatoms. The molecular formula is C16H22N2O4. The van der Waals surface area contributed by atoms with Crippen LogP contribution in [-0.4, -0.2) is 40.0 Å². The van der Waals surface area contributed by atoms with Crippen LogP contribution in [0.15, 0.2) is 24.3 Å². The molecule has 0 aliphatic carbocycles. The monoisotopic (exact) mass is 306 g/mol. The van der Waals surface area contributed by atoms with Crippen molar-refractivity contribution in [3.8, 4) is 0 Å². The number of benzene rings is 1. The van der Waals surface area contributed by atoms with Crippen LogP contribution in [-0.2, 0) is 15.9 Å². The van der Waals surface area contributed by atoms with E-state index in [1.54, 1.807) is 0 Å². The summed E-state index contributed by atoms with van der Waals surface area (Å²) in [6, 6.07) is 7.46. The Balaban J connectivity index is 2.33. The molecule has 120 valence electrons. The van der Waals surface area contributed by atoms with Gasteiger partial charge >= 0.3 is 6.09 Å². The smallest absolute Gasteiger partial charge is 0.435 e. The lowest BCUT2D eigenvalue weighted by Crippen LogP contribution is -2.27. The molecule has 0 aliphatic rings. The van der Waals surface area contributed by atoms with Crippen LogP contribution in [0.3, 0.4) is 0 Å². The Labute approximate surface area is 129 Å². The van der Waals surface area contributed by atoms with Gasteiger partial charge in [-0.15, -0.1) is 0 Å². The summed E-state index contributed by atoms with van der Waals surface area (Å²) < 4.78 is 11.5. The molecule has 1 atom stereocenters. The predicted molar refractivity (Wildman–Crippen MR) is 82.7 cm³/mol. The summed E-state index contributed by atoms with van der Waals surface area (Å²) in [7, 11) is 1.45. The molecule has 0 aliphatic heterocycles. The van der Waals surface area contributed by atoms with Gasteiger partial charge in [0.2, 0.25) is 0 Å². The maximum absolute atomic E-state index is 12.3. The summed E-state index contributed by atoms with van der Waals surface area (Å²) in [4.78, 5) is 12.3. The van der Waals surface area contributed by atoms with E-state index in [9.17, 15) is 9.90 Å². The number of hydrogen-bond acceptors (Lipinski definition) is 5. The SMILES string of the molecule is COC(O)CCc1nn(C(=O)OC(C)(C)C)c2ccccc12. The summed E-state index contributed by atoms with van der Waals surface area (Å²) in [5.41, 5.74) is 0.840. The Kier molecular flexibility index (Phi) is 4.83. The molecule has 0 spiro atoms. The quantitative estimate of drug-likeness (QED) is 0.879. The van der Waals surface area contributed by atoms with E-state index in [0.29, 0.717) is 18.4 Å². The predicted octanol–water partition coefficient (Wildman–Crippen LogP) is 2.72. The van der Waals surface area contributed by atoms with Gasteiger partial charge in [0.25, 0.3) is 0 Å². The fraction of sp³-hybridized carbons (Fsp3) is 0.500. The highest BCUT2D eigenvalue weighted by Gasteiger charge is 2.22. The van der Waals surface area contributed by atoms with Crippen molar-refractivity contribution in [2.75, 3.05) is 7.11 Å². The first-order valence-corrected chi connectivity index (χ1v) is 7.22. The number of ether oxygens (including phenoxy) is 2. The summed E-state index contributed by atoms with van der Waals surface area (Å²) in [5, 5.41) is 14.7. The first kappa shape index (κ1) is 16.5. The van der Waals surface area contributed by atoms with E-state index in [0.717, 1.165) is 11.1 Å². The van der Waals surface area contributed by atoms with Crippen LogP contribution in [0.25, 0.3) is 10.9 Å². The highest BCUT2D eigenvalue weighted by molar-refractivity contribution is 5.89. The number of aromatic nitrogens is 2. The van der Waals surface area contributed by atoms with Crippen LogP contribution in [0.5, 0.6) is 0 Å². The number of fused-ring (bicyclic) bond motifs is 1. The molecular weight excluding hydrogens is 284 g/mol. The third kappa shape index (κ3) is 3.84. The van der Waals surface area contributed by atoms with Gasteiger partial charge in [-0.2, -0.15) is 9.78 Å². The van der Waals surface area contributed by atoms with Gasteiger partial charge in [-0.3, -0.25) is 0 Å². The van der Waals surface area contributed by atoms with Gasteiger partial charge in [-0.1, -0.05) is 18.2 Å². The van der Waals surface area contributed by atoms with Gasteiger partial charge in [-0.25, -0.2) is 4.79 Å². The number of carbonyl (C=O) groups is 1. The third-order valence-electron chi connectivity index (χ3n) is 3.13. The average Bonchev–Trinajstić information content (AvgIpc) is 2.82. The Morgan fingerprint density at radius 1 is 1.36 bits per heavy atom. The highest BCUT2D eigenvalue weighted by Crippen LogP contribution is 2.21. The first-order valence-electron chi connectivity index (χ1n) is 7.22. The number of carbonyl (C=O) groups excluding carboxylic acids is 1. The number of rotatable bonds is 4. The van der Waals surface area contributed by atoms with E-state index in [1.807, 2.05) is 45.0 Å². The minimum absolute atomic E-state index is 0.409. The Morgan fingerprint density at radius 2 is 2.05 bits per heavy atom. The van der Waals surface area contributed by atoms with E-state index >= 15 is 0 Å². The summed E-state index contributed by atoms with van der Waals surface area (Å²) >= 11 is 0. The number of aryl methyl sites for hydroxylation is 1. The molecule has 1 unspecified atom stereocenters. The van der Waals surface area contributed by atoms with Crippen LogP contribution >= 0.6 is 0 Å². The minimum atomic E-state index is -0.842. The molecule has 0 radical (unpaired) electrons. The molecule has 0 amide bonds. The zero-order valence-corrected chi connectivity index (χ0v) is 13.4. The minimum Gasteiger partial charge on any atom is -0.442 e. The first-order chi connectivity index (χ1) is 10.3. The Morgan fingerprint density at radius 3 is 2.68 bits per heavy atom. The van der Waals surface area contributed by atoms with E-state index in [2.05, 4.69) is 5.10 Å². The summed E-state index contributed by atoms with van der Waals surface area (Å²) in [5.74, 6) is 0. The van der Waals surface area contributed by atoms with Crippen LogP contribution in [0.1, 0.15) is 32.9 Å². The standard InChI is InChI=1S/C16H22N2O4/c1-16(2,3)22-15(20)18-13-8-6-5-7-11(13)12(17-18)9-10-14(19)21-4/h5-8,14,19H,9-10H2,1-4H3. The molecule has 0 saturated carbocycles. The van der Waals surface area contributed by atoms with Crippen LogP contribution in [0, 0.1) is 0 Å². The lowest BCUT2D eigenvalue weighted by molar-refractivity contribution is -0.0778. The van der Waals surface area contributed by atoms with Crippen LogP contribution in [0.4, 0.5) is 4.79 Å². The van der Waals surface area contributed by atoms with Crippen LogP contribution < -0.4 is 0 Å². The van der Waals surface area contributed by atoms with Crippen molar-refractivity contribution in [3.63, 3.8) is 0 Å². The molecule has 1 aromatic heterocycles. The van der Waals surface area contributed by atoms with Crippen molar-refractivity contribution in [2.45, 2.75) is 45.5 Å². The van der Waals surface area contributed by atoms with Gasteiger partial charge < -0.3 is 14.6 Å². The zero-order valence-electron chi connectivity index (χ0n) is 13.4. The fourth-order valence-corrected chi connectivity index (χ4v) is 2.14. The van der Waals surface area contributed by atoms with E-state index < -0.39 is 18.0 Å². The van der Waals surface area contributed by atoms with E-state index in [-0.39, 0.29) is 0 Å². The lowest BCUT2D eigenvalue weighted by atomic mass is 10.1. The van der Waals surface area contributed by atoms with E-state index in [1.165, 1.54) is 11.8 Å². The third-order valence-corrected chi connectivity index (χ3v) is 3.13. The van der Waals surface area contributed by atoms with Gasteiger partial charge in [-0.05, 0) is 33.3 Å². The Hall–Kier alpha value is -1.92. The second kappa shape index (κ2) is 6.46. The largest absolute Gasteiger partial charge is 0.442 e. The van der Waals surface area contributed by atoms with Crippen molar-refractivity contribution in [1.29, 1.82) is 0 Å². The molecule has 2 aromatic rings. The number of methoxy groups -OCH3 is 1. The highest BCUT2D eigenvalue weighted by atomic mass is 16.6. The molecule has 22 heavy (non-hydrogen) atoms. The summed E-state index contributed by atoms with van der Waals surface area (Å²) in [6.07, 6.45) is -0.440. The van der Waals surface area contributed by atoms with Gasteiger partial charge in [0.05, 0.1) is 11.2 Å². The molecule has 6 nitrogen and oxygen atoms in total. The molecule has 1 aromatic carbocycles. The van der Waals surface area contributed by atoms with Gasteiger partial charge in [0.1, 0.15) is 5.60 Å². The maximum Gasteiger partial charge on any atom is 0.435 e. The second-order valence-electron chi connectivity index (χ2n) is 6.09. The molecule has 1 N–H and O–H groups in total. The molecule has 0 fully saturated rings. The van der Waals surface area contributed by atoms with Crippen molar-refractivity contribution in [1.82, 2.24) is 9.78 Å². The van der Waals surface area contributed by atoms with Crippen molar-refractivity contribution in [2.24, 2.45) is 0 Å². The van der Waals surface area contributed by atoms with Crippen LogP contribution in [0.2, 0.25) is 0 Å². The maximum atomic E-state index is 12.3. The molecule has 1 heterocycles. The zero-order chi connectivity index (χ0) is 16.3. The number of aliphatic hydroxyl groups is 1. The summed E-state index contributed by atoms with van der Waals surface area (Å²) in [6.45, 7) is 5.44. The van der Waals surface area contributed by atoms with Crippen molar-refractivity contribution >= 4 is 17.0 Å². The molecule has 0 bridgehead atoms. The molecule has 2 rings (SSSR count). The van der Waals surface area contributed by atoms with Gasteiger partial charge in [0, 0.05) is 18.9 Å². The topological polar surface area (TPSA) is 73.6 Å².